The number of likely N-dealkylation sites (N-methyl/N-ethyl adjacent to an activating group) is 1. The molecule has 1 aliphatic carbocycles. The molecule has 1 saturated carbocycles. The minimum Gasteiger partial charge on any atom is -0.462 e. The fourth-order valence-electron chi connectivity index (χ4n) is 5.73. The maximum atomic E-state index is 13.0. The zero-order valence-corrected chi connectivity index (χ0v) is 19.3. The van der Waals surface area contributed by atoms with Crippen molar-refractivity contribution in [2.24, 2.45) is 17.8 Å². The smallest absolute Gasteiger partial charge is 0.412 e. The minimum atomic E-state index is -0.697. The van der Waals surface area contributed by atoms with E-state index < -0.39 is 48.1 Å². The predicted molar refractivity (Wildman–Crippen MR) is 114 cm³/mol. The van der Waals surface area contributed by atoms with Gasteiger partial charge in [-0.05, 0) is 45.0 Å². The van der Waals surface area contributed by atoms with Gasteiger partial charge in [-0.1, -0.05) is 6.92 Å². The standard InChI is InChI=1S/C22H28N2O7S/c1-10-15-12-8-11(20(26)28-12)16(24(3)4)17(30-21(27)23-14-6-5-7-32-14)18-22(2,31-18)9-13(15)29-19(10)25/h5-7,10-13,15-18H,8-9H2,1-4H3,(H,23,27). The van der Waals surface area contributed by atoms with E-state index in [0.29, 0.717) is 17.8 Å². The van der Waals surface area contributed by atoms with Gasteiger partial charge in [0.25, 0.3) is 0 Å². The second kappa shape index (κ2) is 7.71. The molecule has 9 atom stereocenters. The van der Waals surface area contributed by atoms with E-state index >= 15 is 0 Å². The van der Waals surface area contributed by atoms with Crippen molar-refractivity contribution in [1.29, 1.82) is 0 Å². The van der Waals surface area contributed by atoms with Crippen LogP contribution in [0.5, 0.6) is 0 Å². The van der Waals surface area contributed by atoms with Gasteiger partial charge in [0.05, 0.1) is 28.5 Å². The van der Waals surface area contributed by atoms with Gasteiger partial charge in [-0.3, -0.25) is 14.9 Å². The van der Waals surface area contributed by atoms with Gasteiger partial charge in [0, 0.05) is 12.3 Å². The van der Waals surface area contributed by atoms with E-state index in [-0.39, 0.29) is 23.8 Å². The number of hydrogen-bond donors (Lipinski definition) is 1. The normalized spacial score (nSPS) is 42.5. The first-order valence-corrected chi connectivity index (χ1v) is 11.8. The lowest BCUT2D eigenvalue weighted by atomic mass is 9.76. The Hall–Kier alpha value is -2.17. The van der Waals surface area contributed by atoms with Gasteiger partial charge in [0.2, 0.25) is 0 Å². The molecule has 3 saturated heterocycles. The first-order chi connectivity index (χ1) is 15.2. The minimum absolute atomic E-state index is 0.208. The molecule has 9 nitrogen and oxygen atoms in total. The maximum Gasteiger partial charge on any atom is 0.412 e. The molecule has 4 aliphatic rings. The molecule has 1 N–H and O–H groups in total. The summed E-state index contributed by atoms with van der Waals surface area (Å²) in [6.07, 6.45) is -1.63. The van der Waals surface area contributed by atoms with Crippen molar-refractivity contribution in [2.45, 2.75) is 62.7 Å². The summed E-state index contributed by atoms with van der Waals surface area (Å²) in [6.45, 7) is 3.77. The molecule has 1 aromatic rings. The summed E-state index contributed by atoms with van der Waals surface area (Å²) in [5.41, 5.74) is -0.630. The van der Waals surface area contributed by atoms with E-state index in [1.165, 1.54) is 11.3 Å². The van der Waals surface area contributed by atoms with E-state index in [0.717, 1.165) is 0 Å². The molecule has 2 bridgehead atoms. The number of esters is 2. The van der Waals surface area contributed by atoms with Crippen LogP contribution in [0.1, 0.15) is 26.7 Å². The van der Waals surface area contributed by atoms with Gasteiger partial charge in [-0.25, -0.2) is 4.79 Å². The molecule has 4 heterocycles. The number of carbonyl (C=O) groups is 3. The zero-order valence-electron chi connectivity index (χ0n) is 18.5. The maximum absolute atomic E-state index is 13.0. The largest absolute Gasteiger partial charge is 0.462 e. The van der Waals surface area contributed by atoms with Crippen molar-refractivity contribution in [3.63, 3.8) is 0 Å². The lowest BCUT2D eigenvalue weighted by molar-refractivity contribution is -0.149. The summed E-state index contributed by atoms with van der Waals surface area (Å²) in [6, 6.07) is 3.19. The number of epoxide rings is 1. The second-order valence-corrected chi connectivity index (χ2v) is 10.6. The van der Waals surface area contributed by atoms with Crippen LogP contribution < -0.4 is 5.32 Å². The first-order valence-electron chi connectivity index (χ1n) is 10.9. The van der Waals surface area contributed by atoms with Crippen LogP contribution in [0.25, 0.3) is 0 Å². The summed E-state index contributed by atoms with van der Waals surface area (Å²) in [5.74, 6) is -1.68. The van der Waals surface area contributed by atoms with E-state index in [1.807, 2.05) is 44.3 Å². The molecule has 1 aromatic heterocycles. The van der Waals surface area contributed by atoms with Crippen LogP contribution in [0.3, 0.4) is 0 Å². The highest BCUT2D eigenvalue weighted by Crippen LogP contribution is 2.52. The number of nitrogens with zero attached hydrogens (tertiary/aromatic N) is 1. The summed E-state index contributed by atoms with van der Waals surface area (Å²) in [7, 11) is 3.72. The molecule has 9 unspecified atom stereocenters. The lowest BCUT2D eigenvalue weighted by Crippen LogP contribution is -2.52. The van der Waals surface area contributed by atoms with Crippen LogP contribution in [0, 0.1) is 17.8 Å². The predicted octanol–water partition coefficient (Wildman–Crippen LogP) is 2.27. The van der Waals surface area contributed by atoms with Crippen LogP contribution in [-0.4, -0.2) is 73.1 Å². The Bertz CT molecular complexity index is 921. The Kier molecular flexibility index (Phi) is 5.22. The third-order valence-corrected chi connectivity index (χ3v) is 8.10. The molecule has 174 valence electrons. The van der Waals surface area contributed by atoms with Crippen molar-refractivity contribution in [1.82, 2.24) is 4.90 Å². The molecule has 0 aromatic carbocycles. The molecular formula is C22H28N2O7S. The highest BCUT2D eigenvalue weighted by atomic mass is 32.1. The van der Waals surface area contributed by atoms with Crippen molar-refractivity contribution in [3.05, 3.63) is 17.5 Å². The fraction of sp³-hybridized carbons (Fsp3) is 0.682. The Labute approximate surface area is 190 Å². The summed E-state index contributed by atoms with van der Waals surface area (Å²) in [4.78, 5) is 40.0. The van der Waals surface area contributed by atoms with E-state index in [4.69, 9.17) is 18.9 Å². The zero-order chi connectivity index (χ0) is 22.8. The summed E-state index contributed by atoms with van der Waals surface area (Å²) < 4.78 is 23.5. The molecule has 0 radical (unpaired) electrons. The number of amides is 1. The topological polar surface area (TPSA) is 107 Å². The Morgan fingerprint density at radius 2 is 2.00 bits per heavy atom. The number of rotatable bonds is 3. The molecule has 5 rings (SSSR count). The second-order valence-electron chi connectivity index (χ2n) is 9.64. The number of anilines is 1. The van der Waals surface area contributed by atoms with Crippen LogP contribution in [0.15, 0.2) is 17.5 Å². The van der Waals surface area contributed by atoms with Crippen LogP contribution >= 0.6 is 11.3 Å². The van der Waals surface area contributed by atoms with Gasteiger partial charge < -0.3 is 23.8 Å². The molecule has 3 aliphatic heterocycles. The molecular weight excluding hydrogens is 436 g/mol. The third-order valence-electron chi connectivity index (χ3n) is 7.31. The Balaban J connectivity index is 1.47. The van der Waals surface area contributed by atoms with Crippen molar-refractivity contribution < 1.29 is 33.3 Å². The monoisotopic (exact) mass is 464 g/mol. The third kappa shape index (κ3) is 3.58. The number of carbonyl (C=O) groups excluding carboxylic acids is 3. The Morgan fingerprint density at radius 3 is 2.69 bits per heavy atom. The van der Waals surface area contributed by atoms with Gasteiger partial charge in [-0.15, -0.1) is 11.3 Å². The number of thiophene rings is 1. The van der Waals surface area contributed by atoms with Crippen molar-refractivity contribution in [3.8, 4) is 0 Å². The van der Waals surface area contributed by atoms with Gasteiger partial charge in [-0.2, -0.15) is 0 Å². The average molecular weight is 465 g/mol. The first kappa shape index (κ1) is 21.7. The van der Waals surface area contributed by atoms with E-state index in [9.17, 15) is 14.4 Å². The molecule has 32 heavy (non-hydrogen) atoms. The Morgan fingerprint density at radius 1 is 1.25 bits per heavy atom. The molecule has 4 fully saturated rings. The molecule has 10 heteroatoms. The van der Waals surface area contributed by atoms with Crippen molar-refractivity contribution in [2.75, 3.05) is 19.4 Å². The SMILES string of the molecule is CC1C(=O)OC2CC3(C)OC3C(OC(=O)Nc3cccs3)C(N(C)C)C3CC(OC3=O)C21. The van der Waals surface area contributed by atoms with E-state index in [1.54, 1.807) is 6.07 Å². The number of fused-ring (bicyclic) bond motifs is 5. The molecule has 0 spiro atoms. The lowest BCUT2D eigenvalue weighted by Gasteiger charge is -2.35. The highest BCUT2D eigenvalue weighted by Gasteiger charge is 2.66. The van der Waals surface area contributed by atoms with Crippen LogP contribution in [0.4, 0.5) is 9.80 Å². The molecule has 1 amide bonds. The average Bonchev–Trinajstić information content (AvgIpc) is 3.05. The fourth-order valence-corrected chi connectivity index (χ4v) is 6.33. The van der Waals surface area contributed by atoms with E-state index in [2.05, 4.69) is 5.32 Å². The van der Waals surface area contributed by atoms with Gasteiger partial charge in [0.15, 0.2) is 0 Å². The number of ether oxygens (including phenoxy) is 4. The van der Waals surface area contributed by atoms with Gasteiger partial charge >= 0.3 is 18.0 Å². The number of hydrogen-bond acceptors (Lipinski definition) is 9. The quantitative estimate of drug-likeness (QED) is 0.413. The van der Waals surface area contributed by atoms with Gasteiger partial charge in [0.1, 0.15) is 24.4 Å². The van der Waals surface area contributed by atoms with Crippen LogP contribution in [0.2, 0.25) is 0 Å². The van der Waals surface area contributed by atoms with Crippen LogP contribution in [-0.2, 0) is 28.5 Å². The highest BCUT2D eigenvalue weighted by molar-refractivity contribution is 7.14. The summed E-state index contributed by atoms with van der Waals surface area (Å²) >= 11 is 1.39. The van der Waals surface area contributed by atoms with Crippen molar-refractivity contribution >= 4 is 34.4 Å². The number of nitrogens with one attached hydrogen (secondary N) is 1. The summed E-state index contributed by atoms with van der Waals surface area (Å²) in [5, 5.41) is 5.28.